The first-order chi connectivity index (χ1) is 17.9. The normalized spacial score (nSPS) is 22.9. The van der Waals surface area contributed by atoms with Gasteiger partial charge in [0.05, 0.1) is 19.3 Å². The number of rotatable bonds is 12. The first-order valence-corrected chi connectivity index (χ1v) is 13.9. The van der Waals surface area contributed by atoms with Crippen molar-refractivity contribution in [2.24, 2.45) is 11.8 Å². The topological polar surface area (TPSA) is 112 Å². The van der Waals surface area contributed by atoms with Crippen molar-refractivity contribution in [2.45, 2.75) is 58.0 Å². The van der Waals surface area contributed by atoms with E-state index < -0.39 is 6.09 Å². The van der Waals surface area contributed by atoms with Crippen molar-refractivity contribution in [1.82, 2.24) is 20.9 Å². The summed E-state index contributed by atoms with van der Waals surface area (Å²) in [4.78, 5) is 26.2. The van der Waals surface area contributed by atoms with Crippen LogP contribution in [0.2, 0.25) is 5.02 Å². The molecule has 10 heteroatoms. The van der Waals surface area contributed by atoms with Crippen molar-refractivity contribution < 1.29 is 24.2 Å². The Kier molecular flexibility index (Phi) is 12.2. The van der Waals surface area contributed by atoms with Gasteiger partial charge in [-0.25, -0.2) is 9.59 Å². The number of hydrogen-bond acceptors (Lipinski definition) is 5. The van der Waals surface area contributed by atoms with Crippen molar-refractivity contribution in [1.29, 1.82) is 0 Å². The van der Waals surface area contributed by atoms with Crippen LogP contribution in [0.25, 0.3) is 0 Å². The van der Waals surface area contributed by atoms with Crippen LogP contribution in [0.3, 0.4) is 0 Å². The number of hydrogen-bond donors (Lipinski definition) is 4. The number of carbonyl (C=O) groups excluding carboxylic acids is 1. The zero-order valence-corrected chi connectivity index (χ0v) is 22.9. The lowest BCUT2D eigenvalue weighted by Crippen LogP contribution is -2.51. The monoisotopic (exact) mass is 538 g/mol. The molecular formula is C27H43ClN4O5. The van der Waals surface area contributed by atoms with Gasteiger partial charge in [-0.15, -0.1) is 0 Å². The van der Waals surface area contributed by atoms with E-state index in [2.05, 4.69) is 22.9 Å². The van der Waals surface area contributed by atoms with Crippen LogP contribution in [0.4, 0.5) is 9.59 Å². The first-order valence-electron chi connectivity index (χ1n) is 13.5. The Hall–Kier alpha value is -2.07. The quantitative estimate of drug-likeness (QED) is 0.297. The maximum absolute atomic E-state index is 13.6. The summed E-state index contributed by atoms with van der Waals surface area (Å²) in [5.74, 6) is 0.592. The van der Waals surface area contributed by atoms with E-state index in [-0.39, 0.29) is 37.2 Å². The summed E-state index contributed by atoms with van der Waals surface area (Å²) in [7, 11) is 0. The van der Waals surface area contributed by atoms with E-state index >= 15 is 0 Å². The van der Waals surface area contributed by atoms with Crippen molar-refractivity contribution in [2.75, 3.05) is 52.6 Å². The van der Waals surface area contributed by atoms with E-state index in [1.807, 2.05) is 30.0 Å². The summed E-state index contributed by atoms with van der Waals surface area (Å²) in [5, 5.41) is 18.5. The first kappa shape index (κ1) is 29.5. The molecule has 1 aromatic carbocycles. The minimum atomic E-state index is -1.07. The summed E-state index contributed by atoms with van der Waals surface area (Å²) in [6.07, 6.45) is 3.96. The van der Waals surface area contributed by atoms with Crippen LogP contribution in [0, 0.1) is 18.8 Å². The van der Waals surface area contributed by atoms with Gasteiger partial charge in [-0.2, -0.15) is 0 Å². The molecule has 2 fully saturated rings. The average molecular weight is 539 g/mol. The van der Waals surface area contributed by atoms with Crippen molar-refractivity contribution in [3.05, 3.63) is 34.3 Å². The molecule has 37 heavy (non-hydrogen) atoms. The zero-order valence-electron chi connectivity index (χ0n) is 22.1. The SMILES string of the molecule is CCN[C@H](CNC(=O)N1CCC[C@@H](COCCNC(=O)O)[C@@H]1c1cc(Cl)ccc1C)C[C@H]1CCCOC1. The van der Waals surface area contributed by atoms with E-state index in [1.165, 1.54) is 6.42 Å². The Morgan fingerprint density at radius 3 is 2.84 bits per heavy atom. The highest BCUT2D eigenvalue weighted by molar-refractivity contribution is 6.30. The number of nitrogens with zero attached hydrogens (tertiary/aromatic N) is 1. The molecule has 2 aliphatic rings. The molecule has 0 aromatic heterocycles. The molecule has 2 saturated heterocycles. The molecule has 0 saturated carbocycles. The minimum absolute atomic E-state index is 0.0745. The number of piperidine rings is 1. The van der Waals surface area contributed by atoms with Gasteiger partial charge >= 0.3 is 12.1 Å². The lowest BCUT2D eigenvalue weighted by atomic mass is 9.83. The van der Waals surface area contributed by atoms with Crippen LogP contribution in [-0.2, 0) is 9.47 Å². The van der Waals surface area contributed by atoms with E-state index in [9.17, 15) is 9.59 Å². The molecule has 4 N–H and O–H groups in total. The maximum Gasteiger partial charge on any atom is 0.404 e. The Morgan fingerprint density at radius 2 is 2.11 bits per heavy atom. The molecule has 3 amide bonds. The number of likely N-dealkylation sites (tertiary alicyclic amines) is 1. The second-order valence-corrected chi connectivity index (χ2v) is 10.5. The number of likely N-dealkylation sites (N-methyl/N-ethyl adjacent to an activating group) is 1. The molecule has 1 aromatic rings. The molecule has 0 aliphatic carbocycles. The lowest BCUT2D eigenvalue weighted by Gasteiger charge is -2.42. The average Bonchev–Trinajstić information content (AvgIpc) is 2.89. The molecule has 2 heterocycles. The highest BCUT2D eigenvalue weighted by atomic mass is 35.5. The van der Waals surface area contributed by atoms with Crippen molar-refractivity contribution >= 4 is 23.7 Å². The number of aryl methyl sites for hydroxylation is 1. The van der Waals surface area contributed by atoms with Gasteiger partial charge in [0.25, 0.3) is 0 Å². The fourth-order valence-electron chi connectivity index (χ4n) is 5.53. The minimum Gasteiger partial charge on any atom is -0.465 e. The van der Waals surface area contributed by atoms with Crippen LogP contribution >= 0.6 is 11.6 Å². The van der Waals surface area contributed by atoms with Gasteiger partial charge in [-0.1, -0.05) is 24.6 Å². The number of benzene rings is 1. The third-order valence-electron chi connectivity index (χ3n) is 7.30. The summed E-state index contributed by atoms with van der Waals surface area (Å²) in [6, 6.07) is 5.75. The van der Waals surface area contributed by atoms with E-state index in [0.717, 1.165) is 56.6 Å². The molecular weight excluding hydrogens is 496 g/mol. The third kappa shape index (κ3) is 9.32. The highest BCUT2D eigenvalue weighted by Gasteiger charge is 2.36. The molecule has 0 unspecified atom stereocenters. The Morgan fingerprint density at radius 1 is 1.27 bits per heavy atom. The number of ether oxygens (including phenoxy) is 2. The van der Waals surface area contributed by atoms with Crippen molar-refractivity contribution in [3.8, 4) is 0 Å². The molecule has 4 atom stereocenters. The van der Waals surface area contributed by atoms with Gasteiger partial charge in [0.15, 0.2) is 0 Å². The molecule has 208 valence electrons. The molecule has 0 bridgehead atoms. The van der Waals surface area contributed by atoms with Crippen molar-refractivity contribution in [3.63, 3.8) is 0 Å². The Bertz CT molecular complexity index is 867. The summed E-state index contributed by atoms with van der Waals surface area (Å²) >= 11 is 6.38. The number of nitrogens with one attached hydrogen (secondary N) is 3. The molecule has 0 spiro atoms. The summed E-state index contributed by atoms with van der Waals surface area (Å²) in [5.41, 5.74) is 2.11. The number of carboxylic acid groups (broad SMARTS) is 1. The number of urea groups is 1. The van der Waals surface area contributed by atoms with Gasteiger partial charge in [0.2, 0.25) is 0 Å². The van der Waals surface area contributed by atoms with Crippen LogP contribution in [-0.4, -0.2) is 80.8 Å². The smallest absolute Gasteiger partial charge is 0.404 e. The second kappa shape index (κ2) is 15.4. The standard InChI is InChI=1S/C27H43ClN4O5/c1-3-29-23(14-20-6-5-12-36-17-20)16-31-26(33)32-11-4-7-21(18-37-13-10-30-27(34)35)25(32)24-15-22(28)9-8-19(24)2/h8-9,15,20-21,23,25,29-30H,3-7,10-14,16-18H2,1-2H3,(H,31,33)(H,34,35)/t20-,21+,23+,25-/m1/s1. The van der Waals surface area contributed by atoms with E-state index in [4.69, 9.17) is 26.2 Å². The summed E-state index contributed by atoms with van der Waals surface area (Å²) < 4.78 is 11.5. The van der Waals surface area contributed by atoms with Crippen LogP contribution in [0.15, 0.2) is 18.2 Å². The maximum atomic E-state index is 13.6. The van der Waals surface area contributed by atoms with Crippen LogP contribution < -0.4 is 16.0 Å². The van der Waals surface area contributed by atoms with E-state index in [1.54, 1.807) is 0 Å². The predicted octanol–water partition coefficient (Wildman–Crippen LogP) is 4.19. The van der Waals surface area contributed by atoms with Gasteiger partial charge in [0, 0.05) is 49.8 Å². The number of amides is 3. The van der Waals surface area contributed by atoms with Gasteiger partial charge in [0.1, 0.15) is 0 Å². The third-order valence-corrected chi connectivity index (χ3v) is 7.53. The van der Waals surface area contributed by atoms with Crippen LogP contribution in [0.5, 0.6) is 0 Å². The Labute approximate surface area is 225 Å². The van der Waals surface area contributed by atoms with Gasteiger partial charge in [-0.05, 0) is 74.8 Å². The summed E-state index contributed by atoms with van der Waals surface area (Å²) in [6.45, 7) is 8.77. The number of carbonyl (C=O) groups is 2. The molecule has 2 aliphatic heterocycles. The molecule has 3 rings (SSSR count). The molecule has 9 nitrogen and oxygen atoms in total. The lowest BCUT2D eigenvalue weighted by molar-refractivity contribution is 0.0348. The van der Waals surface area contributed by atoms with E-state index in [0.29, 0.717) is 30.6 Å². The predicted molar refractivity (Wildman–Crippen MR) is 144 cm³/mol. The van der Waals surface area contributed by atoms with Gasteiger partial charge < -0.3 is 35.4 Å². The fourth-order valence-corrected chi connectivity index (χ4v) is 5.71. The highest BCUT2D eigenvalue weighted by Crippen LogP contribution is 2.38. The van der Waals surface area contributed by atoms with Crippen LogP contribution in [0.1, 0.15) is 56.2 Å². The second-order valence-electron chi connectivity index (χ2n) is 10.1. The zero-order chi connectivity index (χ0) is 26.6. The number of halogens is 1. The largest absolute Gasteiger partial charge is 0.465 e. The molecule has 0 radical (unpaired) electrons. The Balaban J connectivity index is 1.68. The fraction of sp³-hybridized carbons (Fsp3) is 0.704. The van der Waals surface area contributed by atoms with Gasteiger partial charge in [-0.3, -0.25) is 0 Å².